The van der Waals surface area contributed by atoms with Gasteiger partial charge in [-0.2, -0.15) is 0 Å². The van der Waals surface area contributed by atoms with Crippen LogP contribution in [0.5, 0.6) is 0 Å². The van der Waals surface area contributed by atoms with Crippen LogP contribution in [0, 0.1) is 0 Å². The first kappa shape index (κ1) is 17.1. The van der Waals surface area contributed by atoms with Crippen LogP contribution in [0.3, 0.4) is 0 Å². The number of thiazole rings is 1. The zero-order chi connectivity index (χ0) is 18.9. The van der Waals surface area contributed by atoms with Crippen molar-refractivity contribution in [1.82, 2.24) is 15.0 Å². The minimum Gasteiger partial charge on any atom is -0.351 e. The van der Waals surface area contributed by atoms with Gasteiger partial charge in [0.25, 0.3) is 5.91 Å². The second-order valence-electron chi connectivity index (χ2n) is 7.02. The summed E-state index contributed by atoms with van der Waals surface area (Å²) in [7, 11) is 0. The Balaban J connectivity index is 1.38. The maximum absolute atomic E-state index is 13.0. The number of benzene rings is 2. The molecule has 0 N–H and O–H groups in total. The number of amides is 1. The number of carbonyl (C=O) groups is 1. The van der Waals surface area contributed by atoms with Crippen molar-refractivity contribution in [2.24, 2.45) is 0 Å². The third-order valence-corrected chi connectivity index (χ3v) is 6.15. The summed E-state index contributed by atoms with van der Waals surface area (Å²) in [6.07, 6.45) is 4.34. The van der Waals surface area contributed by atoms with E-state index in [0.29, 0.717) is 12.2 Å². The van der Waals surface area contributed by atoms with Gasteiger partial charge in [0.2, 0.25) is 5.76 Å². The van der Waals surface area contributed by atoms with Gasteiger partial charge in [-0.1, -0.05) is 47.6 Å². The molecule has 0 aliphatic carbocycles. The van der Waals surface area contributed by atoms with Crippen LogP contribution < -0.4 is 0 Å². The SMILES string of the molecule is O=C(c1cc(Cc2cccc3ccccc23)no1)N1CCC[C@@H]1c1nccs1. The fraction of sp³-hybridized carbons (Fsp3) is 0.227. The van der Waals surface area contributed by atoms with Crippen LogP contribution in [0.1, 0.15) is 45.7 Å². The van der Waals surface area contributed by atoms with E-state index in [0.717, 1.165) is 30.1 Å². The molecular formula is C22H19N3O2S. The molecule has 0 bridgehead atoms. The van der Waals surface area contributed by atoms with E-state index in [1.165, 1.54) is 16.3 Å². The predicted octanol–water partition coefficient (Wildman–Crippen LogP) is 4.85. The molecule has 1 saturated heterocycles. The van der Waals surface area contributed by atoms with E-state index in [2.05, 4.69) is 34.4 Å². The second-order valence-corrected chi connectivity index (χ2v) is 7.95. The molecule has 0 unspecified atom stereocenters. The van der Waals surface area contributed by atoms with E-state index < -0.39 is 0 Å². The predicted molar refractivity (Wildman–Crippen MR) is 108 cm³/mol. The summed E-state index contributed by atoms with van der Waals surface area (Å²) in [6.45, 7) is 0.725. The number of carbonyl (C=O) groups excluding carboxylic acids is 1. The molecule has 1 amide bonds. The molecule has 0 radical (unpaired) electrons. The molecule has 140 valence electrons. The Kier molecular flexibility index (Phi) is 4.41. The Morgan fingerprint density at radius 3 is 3.00 bits per heavy atom. The third kappa shape index (κ3) is 3.10. The molecule has 0 spiro atoms. The van der Waals surface area contributed by atoms with Crippen molar-refractivity contribution in [2.45, 2.75) is 25.3 Å². The average molecular weight is 389 g/mol. The topological polar surface area (TPSA) is 59.2 Å². The quantitative estimate of drug-likeness (QED) is 0.500. The van der Waals surface area contributed by atoms with Crippen molar-refractivity contribution < 1.29 is 9.32 Å². The van der Waals surface area contributed by atoms with E-state index in [-0.39, 0.29) is 11.9 Å². The summed E-state index contributed by atoms with van der Waals surface area (Å²) in [5.74, 6) is 0.202. The summed E-state index contributed by atoms with van der Waals surface area (Å²) >= 11 is 1.59. The zero-order valence-corrected chi connectivity index (χ0v) is 16.1. The highest BCUT2D eigenvalue weighted by atomic mass is 32.1. The first-order chi connectivity index (χ1) is 13.8. The zero-order valence-electron chi connectivity index (χ0n) is 15.2. The van der Waals surface area contributed by atoms with E-state index in [9.17, 15) is 4.79 Å². The van der Waals surface area contributed by atoms with Gasteiger partial charge in [0.1, 0.15) is 5.01 Å². The molecule has 2 aromatic heterocycles. The van der Waals surface area contributed by atoms with Gasteiger partial charge in [-0.15, -0.1) is 11.3 Å². The van der Waals surface area contributed by atoms with Gasteiger partial charge in [0.15, 0.2) is 0 Å². The van der Waals surface area contributed by atoms with Crippen LogP contribution in [0.2, 0.25) is 0 Å². The average Bonchev–Trinajstić information content (AvgIpc) is 3.48. The van der Waals surface area contributed by atoms with Gasteiger partial charge >= 0.3 is 0 Å². The van der Waals surface area contributed by atoms with Crippen LogP contribution >= 0.6 is 11.3 Å². The van der Waals surface area contributed by atoms with Crippen molar-refractivity contribution in [1.29, 1.82) is 0 Å². The standard InChI is InChI=1S/C22H19N3O2S/c26-22(25-11-4-9-19(25)21-23-10-12-28-21)20-14-17(24-27-20)13-16-7-3-6-15-5-1-2-8-18(15)16/h1-3,5-8,10,12,14,19H,4,9,11,13H2/t19-/m1/s1. The number of aromatic nitrogens is 2. The number of hydrogen-bond acceptors (Lipinski definition) is 5. The van der Waals surface area contributed by atoms with Gasteiger partial charge < -0.3 is 9.42 Å². The molecule has 2 aromatic carbocycles. The molecule has 1 atom stereocenters. The molecule has 5 rings (SSSR count). The lowest BCUT2D eigenvalue weighted by atomic mass is 10.0. The summed E-state index contributed by atoms with van der Waals surface area (Å²) < 4.78 is 5.43. The van der Waals surface area contributed by atoms with Crippen molar-refractivity contribution in [3.63, 3.8) is 0 Å². The minimum atomic E-state index is -0.102. The summed E-state index contributed by atoms with van der Waals surface area (Å²) in [6, 6.07) is 16.3. The second kappa shape index (κ2) is 7.20. The van der Waals surface area contributed by atoms with Crippen LogP contribution in [-0.4, -0.2) is 27.5 Å². The molecule has 1 fully saturated rings. The number of nitrogens with zero attached hydrogens (tertiary/aromatic N) is 3. The number of fused-ring (bicyclic) bond motifs is 1. The monoisotopic (exact) mass is 389 g/mol. The molecule has 0 saturated carbocycles. The van der Waals surface area contributed by atoms with Crippen molar-refractivity contribution in [3.05, 3.63) is 82.1 Å². The van der Waals surface area contributed by atoms with Crippen molar-refractivity contribution in [3.8, 4) is 0 Å². The summed E-state index contributed by atoms with van der Waals surface area (Å²) in [5, 5.41) is 9.50. The van der Waals surface area contributed by atoms with E-state index >= 15 is 0 Å². The van der Waals surface area contributed by atoms with E-state index in [1.54, 1.807) is 23.6 Å². The Labute approximate surface area is 166 Å². The lowest BCUT2D eigenvalue weighted by molar-refractivity contribution is 0.0693. The third-order valence-electron chi connectivity index (χ3n) is 5.27. The smallest absolute Gasteiger partial charge is 0.293 e. The number of rotatable bonds is 4. The normalized spacial score (nSPS) is 16.7. The fourth-order valence-corrected chi connectivity index (χ4v) is 4.73. The first-order valence-corrected chi connectivity index (χ1v) is 10.3. The van der Waals surface area contributed by atoms with E-state index in [4.69, 9.17) is 4.52 Å². The molecule has 5 nitrogen and oxygen atoms in total. The van der Waals surface area contributed by atoms with Crippen LogP contribution in [0.25, 0.3) is 10.8 Å². The maximum atomic E-state index is 13.0. The van der Waals surface area contributed by atoms with Crippen LogP contribution in [-0.2, 0) is 6.42 Å². The summed E-state index contributed by atoms with van der Waals surface area (Å²) in [5.41, 5.74) is 1.94. The molecule has 4 aromatic rings. The Morgan fingerprint density at radius 2 is 2.11 bits per heavy atom. The summed E-state index contributed by atoms with van der Waals surface area (Å²) in [4.78, 5) is 19.3. The molecule has 28 heavy (non-hydrogen) atoms. The Bertz CT molecular complexity index is 1110. The van der Waals surface area contributed by atoms with Crippen LogP contribution in [0.15, 0.2) is 64.6 Å². The highest BCUT2D eigenvalue weighted by Gasteiger charge is 2.33. The lowest BCUT2D eigenvalue weighted by Crippen LogP contribution is -2.30. The van der Waals surface area contributed by atoms with Gasteiger partial charge in [0.05, 0.1) is 11.7 Å². The largest absolute Gasteiger partial charge is 0.351 e. The molecule has 1 aliphatic heterocycles. The lowest BCUT2D eigenvalue weighted by Gasteiger charge is -2.21. The van der Waals surface area contributed by atoms with Crippen molar-refractivity contribution >= 4 is 28.0 Å². The minimum absolute atomic E-state index is 0.0408. The molecule has 3 heterocycles. The molecule has 6 heteroatoms. The Morgan fingerprint density at radius 1 is 1.21 bits per heavy atom. The van der Waals surface area contributed by atoms with E-state index in [1.807, 2.05) is 28.5 Å². The first-order valence-electron chi connectivity index (χ1n) is 9.42. The van der Waals surface area contributed by atoms with Gasteiger partial charge in [-0.05, 0) is 29.2 Å². The van der Waals surface area contributed by atoms with Gasteiger partial charge in [-0.3, -0.25) is 4.79 Å². The fourth-order valence-electron chi connectivity index (χ4n) is 3.94. The Hall–Kier alpha value is -2.99. The van der Waals surface area contributed by atoms with Crippen LogP contribution in [0.4, 0.5) is 0 Å². The maximum Gasteiger partial charge on any atom is 0.293 e. The highest BCUT2D eigenvalue weighted by Crippen LogP contribution is 2.34. The van der Waals surface area contributed by atoms with Crippen molar-refractivity contribution in [2.75, 3.05) is 6.54 Å². The number of hydrogen-bond donors (Lipinski definition) is 0. The molecule has 1 aliphatic rings. The highest BCUT2D eigenvalue weighted by molar-refractivity contribution is 7.09. The molecular weight excluding hydrogens is 370 g/mol. The van der Waals surface area contributed by atoms with Gasteiger partial charge in [0, 0.05) is 30.6 Å². The number of likely N-dealkylation sites (tertiary alicyclic amines) is 1. The van der Waals surface area contributed by atoms with Gasteiger partial charge in [-0.25, -0.2) is 4.98 Å².